The van der Waals surface area contributed by atoms with E-state index in [2.05, 4.69) is 5.32 Å². The molecular weight excluding hydrogens is 256 g/mol. The predicted molar refractivity (Wildman–Crippen MR) is 75.2 cm³/mol. The van der Waals surface area contributed by atoms with Crippen LogP contribution in [-0.2, 0) is 9.53 Å². The number of rotatable bonds is 6. The summed E-state index contributed by atoms with van der Waals surface area (Å²) < 4.78 is 5.41. The summed E-state index contributed by atoms with van der Waals surface area (Å²) in [4.78, 5) is 23.7. The average Bonchev–Trinajstić information content (AvgIpc) is 2.91. The zero-order chi connectivity index (χ0) is 14.5. The van der Waals surface area contributed by atoms with E-state index in [1.54, 1.807) is 12.1 Å². The van der Waals surface area contributed by atoms with Crippen LogP contribution in [0.1, 0.15) is 28.8 Å². The summed E-state index contributed by atoms with van der Waals surface area (Å²) in [7, 11) is 0. The number of ketones is 1. The second-order valence-corrected chi connectivity index (χ2v) is 5.14. The molecule has 0 aliphatic carbocycles. The number of nitrogens with two attached hydrogens (primary N) is 1. The molecular formula is C15H20N2O3. The third kappa shape index (κ3) is 3.88. The lowest BCUT2D eigenvalue weighted by Gasteiger charge is -2.17. The Morgan fingerprint density at radius 1 is 1.40 bits per heavy atom. The van der Waals surface area contributed by atoms with Gasteiger partial charge in [0, 0.05) is 24.4 Å². The van der Waals surface area contributed by atoms with Crippen LogP contribution < -0.4 is 11.1 Å². The van der Waals surface area contributed by atoms with E-state index in [0.29, 0.717) is 18.6 Å². The minimum atomic E-state index is -0.501. The number of Topliss-reactive ketones (excluding diaryl/α,β-unsaturated/α-hetero) is 1. The normalized spacial score (nSPS) is 19.8. The number of primary amides is 1. The molecule has 2 atom stereocenters. The van der Waals surface area contributed by atoms with Gasteiger partial charge in [-0.05, 0) is 13.3 Å². The molecule has 108 valence electrons. The van der Waals surface area contributed by atoms with Gasteiger partial charge in [0.05, 0.1) is 6.61 Å². The summed E-state index contributed by atoms with van der Waals surface area (Å²) in [5.74, 6) is -1.02. The van der Waals surface area contributed by atoms with Crippen LogP contribution in [0.25, 0.3) is 0 Å². The maximum absolute atomic E-state index is 12.2. The van der Waals surface area contributed by atoms with E-state index in [4.69, 9.17) is 10.5 Å². The second kappa shape index (κ2) is 6.63. The van der Waals surface area contributed by atoms with Crippen molar-refractivity contribution in [3.8, 4) is 0 Å². The van der Waals surface area contributed by atoms with Crippen molar-refractivity contribution in [2.24, 2.45) is 11.7 Å². The van der Waals surface area contributed by atoms with E-state index in [-0.39, 0.29) is 18.4 Å². The van der Waals surface area contributed by atoms with Crippen molar-refractivity contribution < 1.29 is 14.3 Å². The maximum atomic E-state index is 12.2. The quantitative estimate of drug-likeness (QED) is 0.760. The first-order chi connectivity index (χ1) is 9.56. The first-order valence-electron chi connectivity index (χ1n) is 6.80. The van der Waals surface area contributed by atoms with E-state index in [1.165, 1.54) is 0 Å². The highest BCUT2D eigenvalue weighted by Crippen LogP contribution is 2.17. The lowest BCUT2D eigenvalue weighted by Crippen LogP contribution is -2.33. The van der Waals surface area contributed by atoms with Gasteiger partial charge in [-0.15, -0.1) is 0 Å². The predicted octanol–water partition coefficient (Wildman–Crippen LogP) is 1.01. The summed E-state index contributed by atoms with van der Waals surface area (Å²) in [5.41, 5.74) is 7.10. The SMILES string of the molecule is Cc1ccc(C(=O)CC(CC2NCCO2)C(N)=O)cc1. The molecule has 2 rings (SSSR count). The Morgan fingerprint density at radius 2 is 2.10 bits per heavy atom. The smallest absolute Gasteiger partial charge is 0.221 e. The number of carbonyl (C=O) groups excluding carboxylic acids is 2. The van der Waals surface area contributed by atoms with Crippen molar-refractivity contribution in [2.45, 2.75) is 26.0 Å². The molecule has 0 saturated carbocycles. The highest BCUT2D eigenvalue weighted by atomic mass is 16.5. The maximum Gasteiger partial charge on any atom is 0.221 e. The van der Waals surface area contributed by atoms with E-state index >= 15 is 0 Å². The van der Waals surface area contributed by atoms with Crippen molar-refractivity contribution in [1.82, 2.24) is 5.32 Å². The van der Waals surface area contributed by atoms with Crippen molar-refractivity contribution in [2.75, 3.05) is 13.2 Å². The van der Waals surface area contributed by atoms with Crippen molar-refractivity contribution in [3.05, 3.63) is 35.4 Å². The van der Waals surface area contributed by atoms with Crippen molar-refractivity contribution in [1.29, 1.82) is 0 Å². The molecule has 1 aliphatic heterocycles. The highest BCUT2D eigenvalue weighted by molar-refractivity contribution is 5.98. The van der Waals surface area contributed by atoms with Gasteiger partial charge in [-0.1, -0.05) is 29.8 Å². The second-order valence-electron chi connectivity index (χ2n) is 5.14. The van der Waals surface area contributed by atoms with Crippen LogP contribution in [0.2, 0.25) is 0 Å². The van der Waals surface area contributed by atoms with Crippen LogP contribution in [0.3, 0.4) is 0 Å². The van der Waals surface area contributed by atoms with Gasteiger partial charge in [0.15, 0.2) is 5.78 Å². The molecule has 0 aromatic heterocycles. The fourth-order valence-corrected chi connectivity index (χ4v) is 2.27. The van der Waals surface area contributed by atoms with Crippen LogP contribution in [0.15, 0.2) is 24.3 Å². The van der Waals surface area contributed by atoms with Gasteiger partial charge < -0.3 is 10.5 Å². The first kappa shape index (κ1) is 14.7. The van der Waals surface area contributed by atoms with Crippen LogP contribution >= 0.6 is 0 Å². The fraction of sp³-hybridized carbons (Fsp3) is 0.467. The number of aryl methyl sites for hydroxylation is 1. The minimum absolute atomic E-state index is 0.0632. The average molecular weight is 276 g/mol. The summed E-state index contributed by atoms with van der Waals surface area (Å²) in [6.07, 6.45) is 0.380. The molecule has 20 heavy (non-hydrogen) atoms. The third-order valence-electron chi connectivity index (χ3n) is 3.50. The molecule has 0 radical (unpaired) electrons. The topological polar surface area (TPSA) is 81.4 Å². The van der Waals surface area contributed by atoms with Gasteiger partial charge in [0.25, 0.3) is 0 Å². The monoisotopic (exact) mass is 276 g/mol. The van der Waals surface area contributed by atoms with E-state index in [1.807, 2.05) is 19.1 Å². The Kier molecular flexibility index (Phi) is 4.87. The Labute approximate surface area is 118 Å². The molecule has 1 heterocycles. The molecule has 3 N–H and O–H groups in total. The molecule has 1 aromatic carbocycles. The minimum Gasteiger partial charge on any atom is -0.369 e. The number of ether oxygens (including phenoxy) is 1. The molecule has 1 amide bonds. The van der Waals surface area contributed by atoms with E-state index < -0.39 is 11.8 Å². The number of hydrogen-bond acceptors (Lipinski definition) is 4. The Hall–Kier alpha value is -1.72. The van der Waals surface area contributed by atoms with Crippen LogP contribution in [0.5, 0.6) is 0 Å². The number of nitrogens with one attached hydrogen (secondary N) is 1. The van der Waals surface area contributed by atoms with Gasteiger partial charge >= 0.3 is 0 Å². The Balaban J connectivity index is 1.98. The molecule has 0 bridgehead atoms. The molecule has 2 unspecified atom stereocenters. The zero-order valence-electron chi connectivity index (χ0n) is 11.6. The number of carbonyl (C=O) groups is 2. The molecule has 5 nitrogen and oxygen atoms in total. The van der Waals surface area contributed by atoms with Gasteiger partial charge in [-0.2, -0.15) is 0 Å². The largest absolute Gasteiger partial charge is 0.369 e. The summed E-state index contributed by atoms with van der Waals surface area (Å²) in [6, 6.07) is 7.32. The Morgan fingerprint density at radius 3 is 2.65 bits per heavy atom. The fourth-order valence-electron chi connectivity index (χ4n) is 2.27. The summed E-state index contributed by atoms with van der Waals surface area (Å²) in [5, 5.41) is 3.12. The lowest BCUT2D eigenvalue weighted by molar-refractivity contribution is -0.122. The van der Waals surface area contributed by atoms with Crippen LogP contribution in [-0.4, -0.2) is 31.1 Å². The Bertz CT molecular complexity index is 478. The number of benzene rings is 1. The molecule has 5 heteroatoms. The van der Waals surface area contributed by atoms with Gasteiger partial charge in [0.2, 0.25) is 5.91 Å². The van der Waals surface area contributed by atoms with E-state index in [0.717, 1.165) is 12.1 Å². The van der Waals surface area contributed by atoms with Gasteiger partial charge in [0.1, 0.15) is 6.23 Å². The molecule has 1 aromatic rings. The highest BCUT2D eigenvalue weighted by Gasteiger charge is 2.26. The first-order valence-corrected chi connectivity index (χ1v) is 6.80. The van der Waals surface area contributed by atoms with Crippen LogP contribution in [0, 0.1) is 12.8 Å². The standard InChI is InChI=1S/C15H20N2O3/c1-10-2-4-11(5-3-10)13(18)8-12(15(16)19)9-14-17-6-7-20-14/h2-5,12,14,17H,6-9H2,1H3,(H2,16,19). The molecule has 1 fully saturated rings. The van der Waals surface area contributed by atoms with E-state index in [9.17, 15) is 9.59 Å². The number of amides is 1. The molecule has 0 spiro atoms. The van der Waals surface area contributed by atoms with Crippen molar-refractivity contribution in [3.63, 3.8) is 0 Å². The molecule has 1 aliphatic rings. The van der Waals surface area contributed by atoms with Crippen molar-refractivity contribution >= 4 is 11.7 Å². The van der Waals surface area contributed by atoms with Gasteiger partial charge in [-0.3, -0.25) is 14.9 Å². The summed E-state index contributed by atoms with van der Waals surface area (Å²) >= 11 is 0. The van der Waals surface area contributed by atoms with Crippen LogP contribution in [0.4, 0.5) is 0 Å². The molecule has 1 saturated heterocycles. The zero-order valence-corrected chi connectivity index (χ0v) is 11.6. The number of hydrogen-bond donors (Lipinski definition) is 2. The third-order valence-corrected chi connectivity index (χ3v) is 3.50. The van der Waals surface area contributed by atoms with Gasteiger partial charge in [-0.25, -0.2) is 0 Å². The lowest BCUT2D eigenvalue weighted by atomic mass is 9.94. The summed E-state index contributed by atoms with van der Waals surface area (Å²) in [6.45, 7) is 3.35.